The van der Waals surface area contributed by atoms with Crippen molar-refractivity contribution in [1.29, 1.82) is 0 Å². The zero-order valence-corrected chi connectivity index (χ0v) is 11.3. The van der Waals surface area contributed by atoms with Crippen LogP contribution < -0.4 is 0 Å². The first kappa shape index (κ1) is 14.5. The molecule has 2 aromatic rings. The fraction of sp³-hybridized carbons (Fsp3) is 0.133. The number of hydrogen-bond acceptors (Lipinski definition) is 2. The number of thioether (sulfide) groups is 1. The minimum Gasteiger partial charge on any atom is -0.481 e. The predicted octanol–water partition coefficient (Wildman–Crippen LogP) is 3.88. The van der Waals surface area contributed by atoms with Gasteiger partial charge < -0.3 is 5.11 Å². The van der Waals surface area contributed by atoms with E-state index in [0.717, 1.165) is 16.5 Å². The van der Waals surface area contributed by atoms with Gasteiger partial charge in [-0.2, -0.15) is 0 Å². The van der Waals surface area contributed by atoms with Crippen LogP contribution in [0.2, 0.25) is 0 Å². The lowest BCUT2D eigenvalue weighted by Crippen LogP contribution is -1.99. The number of carbonyl (C=O) groups is 1. The van der Waals surface area contributed by atoms with E-state index in [-0.39, 0.29) is 6.42 Å². The Morgan fingerprint density at radius 1 is 1.10 bits per heavy atom. The molecule has 0 atom stereocenters. The maximum Gasteiger partial charge on any atom is 0.307 e. The molecule has 0 aliphatic rings. The number of rotatable bonds is 5. The van der Waals surface area contributed by atoms with E-state index in [4.69, 9.17) is 5.11 Å². The number of carboxylic acid groups (broad SMARTS) is 1. The summed E-state index contributed by atoms with van der Waals surface area (Å²) in [5.41, 5.74) is 1.15. The molecule has 104 valence electrons. The minimum atomic E-state index is -0.876. The van der Waals surface area contributed by atoms with Crippen molar-refractivity contribution < 1.29 is 18.7 Å². The number of aliphatic carboxylic acids is 1. The average molecular weight is 294 g/mol. The van der Waals surface area contributed by atoms with Gasteiger partial charge in [-0.05, 0) is 29.3 Å². The van der Waals surface area contributed by atoms with E-state index in [9.17, 15) is 13.6 Å². The van der Waals surface area contributed by atoms with Crippen LogP contribution in [-0.4, -0.2) is 11.1 Å². The van der Waals surface area contributed by atoms with Gasteiger partial charge in [0.05, 0.1) is 6.42 Å². The molecule has 5 heteroatoms. The molecule has 0 saturated carbocycles. The normalized spacial score (nSPS) is 10.5. The van der Waals surface area contributed by atoms with Gasteiger partial charge in [-0.3, -0.25) is 4.79 Å². The molecule has 1 N–H and O–H groups in total. The maximum atomic E-state index is 13.4. The molecule has 0 radical (unpaired) electrons. The molecule has 0 unspecified atom stereocenters. The van der Waals surface area contributed by atoms with Crippen LogP contribution in [0.5, 0.6) is 0 Å². The van der Waals surface area contributed by atoms with E-state index in [2.05, 4.69) is 0 Å². The summed E-state index contributed by atoms with van der Waals surface area (Å²) in [6.07, 6.45) is -0.0163. The van der Waals surface area contributed by atoms with Crippen molar-refractivity contribution in [2.45, 2.75) is 17.1 Å². The minimum absolute atomic E-state index is 0.0163. The fourth-order valence-electron chi connectivity index (χ4n) is 1.68. The highest BCUT2D eigenvalue weighted by molar-refractivity contribution is 7.98. The van der Waals surface area contributed by atoms with Gasteiger partial charge in [0.15, 0.2) is 0 Å². The first-order valence-electron chi connectivity index (χ1n) is 5.92. The van der Waals surface area contributed by atoms with Crippen molar-refractivity contribution in [2.75, 3.05) is 0 Å². The molecule has 0 fully saturated rings. The molecule has 0 bridgehead atoms. The third-order valence-corrected chi connectivity index (χ3v) is 3.75. The Bertz CT molecular complexity index is 612. The molecular weight excluding hydrogens is 282 g/mol. The lowest BCUT2D eigenvalue weighted by Gasteiger charge is -2.04. The van der Waals surface area contributed by atoms with Crippen LogP contribution in [0.15, 0.2) is 47.4 Å². The van der Waals surface area contributed by atoms with E-state index in [1.165, 1.54) is 23.9 Å². The summed E-state index contributed by atoms with van der Waals surface area (Å²) in [5.74, 6) is -1.63. The Morgan fingerprint density at radius 2 is 1.80 bits per heavy atom. The topological polar surface area (TPSA) is 37.3 Å². The smallest absolute Gasteiger partial charge is 0.307 e. The van der Waals surface area contributed by atoms with Crippen molar-refractivity contribution >= 4 is 17.7 Å². The van der Waals surface area contributed by atoms with Crippen LogP contribution in [0.3, 0.4) is 0 Å². The Balaban J connectivity index is 1.98. The Labute approximate surface area is 119 Å². The summed E-state index contributed by atoms with van der Waals surface area (Å²) in [6.45, 7) is 0. The summed E-state index contributed by atoms with van der Waals surface area (Å²) in [6, 6.07) is 10.6. The lowest BCUT2D eigenvalue weighted by atomic mass is 10.2. The Kier molecular flexibility index (Phi) is 4.74. The van der Waals surface area contributed by atoms with Gasteiger partial charge in [-0.15, -0.1) is 11.8 Å². The van der Waals surface area contributed by atoms with Gasteiger partial charge in [0.2, 0.25) is 0 Å². The quantitative estimate of drug-likeness (QED) is 0.850. The molecule has 2 rings (SSSR count). The lowest BCUT2D eigenvalue weighted by molar-refractivity contribution is -0.136. The third-order valence-electron chi connectivity index (χ3n) is 2.69. The standard InChI is InChI=1S/C15H12F2O2S/c16-12-4-3-11(14(17)8-12)9-20-13-5-1-10(2-6-13)7-15(18)19/h1-6,8H,7,9H2,(H,18,19). The average Bonchev–Trinajstić information content (AvgIpc) is 2.39. The van der Waals surface area contributed by atoms with Gasteiger partial charge in [0.1, 0.15) is 11.6 Å². The summed E-state index contributed by atoms with van der Waals surface area (Å²) in [5, 5.41) is 8.66. The maximum absolute atomic E-state index is 13.4. The first-order chi connectivity index (χ1) is 9.54. The molecule has 2 aromatic carbocycles. The van der Waals surface area contributed by atoms with Crippen molar-refractivity contribution in [3.63, 3.8) is 0 Å². The fourth-order valence-corrected chi connectivity index (χ4v) is 2.56. The second-order valence-corrected chi connectivity index (χ2v) is 5.29. The van der Waals surface area contributed by atoms with E-state index in [0.29, 0.717) is 11.3 Å². The van der Waals surface area contributed by atoms with Crippen LogP contribution in [0.1, 0.15) is 11.1 Å². The van der Waals surface area contributed by atoms with Gasteiger partial charge in [-0.25, -0.2) is 8.78 Å². The zero-order chi connectivity index (χ0) is 14.5. The number of halogens is 2. The van der Waals surface area contributed by atoms with Crippen molar-refractivity contribution in [2.24, 2.45) is 0 Å². The summed E-state index contributed by atoms with van der Waals surface area (Å²) in [4.78, 5) is 11.5. The van der Waals surface area contributed by atoms with E-state index in [1.807, 2.05) is 0 Å². The molecular formula is C15H12F2O2S. The molecule has 2 nitrogen and oxygen atoms in total. The van der Waals surface area contributed by atoms with Crippen LogP contribution in [0.4, 0.5) is 8.78 Å². The molecule has 0 aliphatic carbocycles. The number of carboxylic acids is 1. The van der Waals surface area contributed by atoms with Crippen LogP contribution in [0.25, 0.3) is 0 Å². The molecule has 20 heavy (non-hydrogen) atoms. The SMILES string of the molecule is O=C(O)Cc1ccc(SCc2ccc(F)cc2F)cc1. The second kappa shape index (κ2) is 6.52. The van der Waals surface area contributed by atoms with Gasteiger partial charge in [-0.1, -0.05) is 18.2 Å². The highest BCUT2D eigenvalue weighted by Gasteiger charge is 2.05. The van der Waals surface area contributed by atoms with Crippen molar-refractivity contribution in [1.82, 2.24) is 0 Å². The van der Waals surface area contributed by atoms with E-state index in [1.54, 1.807) is 24.3 Å². The number of hydrogen-bond donors (Lipinski definition) is 1. The summed E-state index contributed by atoms with van der Waals surface area (Å²) < 4.78 is 26.2. The van der Waals surface area contributed by atoms with Crippen molar-refractivity contribution in [3.8, 4) is 0 Å². The molecule has 0 saturated heterocycles. The zero-order valence-electron chi connectivity index (χ0n) is 10.5. The molecule has 0 aliphatic heterocycles. The third kappa shape index (κ3) is 4.06. The highest BCUT2D eigenvalue weighted by Crippen LogP contribution is 2.24. The predicted molar refractivity (Wildman–Crippen MR) is 73.7 cm³/mol. The van der Waals surface area contributed by atoms with Gasteiger partial charge >= 0.3 is 5.97 Å². The molecule has 0 aromatic heterocycles. The molecule has 0 amide bonds. The monoisotopic (exact) mass is 294 g/mol. The second-order valence-electron chi connectivity index (χ2n) is 4.24. The highest BCUT2D eigenvalue weighted by atomic mass is 32.2. The Hall–Kier alpha value is -1.88. The first-order valence-corrected chi connectivity index (χ1v) is 6.90. The van der Waals surface area contributed by atoms with Crippen molar-refractivity contribution in [3.05, 3.63) is 65.2 Å². The molecule has 0 spiro atoms. The van der Waals surface area contributed by atoms with E-state index < -0.39 is 17.6 Å². The van der Waals surface area contributed by atoms with Crippen LogP contribution in [-0.2, 0) is 17.0 Å². The summed E-state index contributed by atoms with van der Waals surface area (Å²) in [7, 11) is 0. The van der Waals surface area contributed by atoms with Gasteiger partial charge in [0.25, 0.3) is 0 Å². The summed E-state index contributed by atoms with van der Waals surface area (Å²) >= 11 is 1.41. The van der Waals surface area contributed by atoms with E-state index >= 15 is 0 Å². The Morgan fingerprint density at radius 3 is 2.40 bits per heavy atom. The molecule has 0 heterocycles. The van der Waals surface area contributed by atoms with Crippen LogP contribution >= 0.6 is 11.8 Å². The van der Waals surface area contributed by atoms with Crippen LogP contribution in [0, 0.1) is 11.6 Å². The number of benzene rings is 2. The van der Waals surface area contributed by atoms with Gasteiger partial charge in [0, 0.05) is 16.7 Å². The largest absolute Gasteiger partial charge is 0.481 e.